The molecule has 4 heteroatoms. The number of hydrogen-bond acceptors (Lipinski definition) is 3. The third kappa shape index (κ3) is 3.91. The Morgan fingerprint density at radius 1 is 1.07 bits per heavy atom. The molecule has 27 heavy (non-hydrogen) atoms. The van der Waals surface area contributed by atoms with Crippen molar-refractivity contribution in [1.29, 1.82) is 0 Å². The molecule has 2 aromatic carbocycles. The van der Waals surface area contributed by atoms with E-state index < -0.39 is 0 Å². The van der Waals surface area contributed by atoms with Gasteiger partial charge in [0.1, 0.15) is 18.2 Å². The Morgan fingerprint density at radius 3 is 2.67 bits per heavy atom. The van der Waals surface area contributed by atoms with Gasteiger partial charge in [-0.05, 0) is 61.0 Å². The van der Waals surface area contributed by atoms with Crippen LogP contribution in [0.15, 0.2) is 53.7 Å². The largest absolute Gasteiger partial charge is 0.476 e. The third-order valence-electron chi connectivity index (χ3n) is 5.55. The summed E-state index contributed by atoms with van der Waals surface area (Å²) in [5.41, 5.74) is 4.31. The van der Waals surface area contributed by atoms with Crippen molar-refractivity contribution < 1.29 is 4.74 Å². The van der Waals surface area contributed by atoms with Gasteiger partial charge in [0.25, 0.3) is 0 Å². The topological polar surface area (TPSA) is 38.5 Å². The van der Waals surface area contributed by atoms with Gasteiger partial charge >= 0.3 is 0 Å². The molecule has 0 unspecified atom stereocenters. The van der Waals surface area contributed by atoms with E-state index in [0.717, 1.165) is 17.0 Å². The molecule has 1 fully saturated rings. The van der Waals surface area contributed by atoms with E-state index >= 15 is 0 Å². The predicted molar refractivity (Wildman–Crippen MR) is 113 cm³/mol. The first kappa shape index (κ1) is 17.8. The lowest BCUT2D eigenvalue weighted by Gasteiger charge is -2.23. The standard InChI is InChI=1S/C23H27N3O/c1-24-21-15-18(17-8-10-22-19(14-17)12-13-26(22)2)9-11-23(21)27-16-25-20-6-4-3-5-7-20/h8-15,20,25H,1,3-7,16H2,2H3. The highest BCUT2D eigenvalue weighted by molar-refractivity contribution is 5.86. The molecule has 1 heterocycles. The zero-order chi connectivity index (χ0) is 18.6. The van der Waals surface area contributed by atoms with Gasteiger partial charge in [-0.1, -0.05) is 31.4 Å². The van der Waals surface area contributed by atoms with Gasteiger partial charge in [-0.15, -0.1) is 0 Å². The molecular weight excluding hydrogens is 334 g/mol. The van der Waals surface area contributed by atoms with Crippen LogP contribution in [0, 0.1) is 0 Å². The highest BCUT2D eigenvalue weighted by Gasteiger charge is 2.13. The fourth-order valence-electron chi connectivity index (χ4n) is 3.95. The van der Waals surface area contributed by atoms with Gasteiger partial charge in [0.15, 0.2) is 0 Å². The number of aromatic nitrogens is 1. The number of nitrogens with zero attached hydrogens (tertiary/aromatic N) is 2. The second-order valence-electron chi connectivity index (χ2n) is 7.37. The van der Waals surface area contributed by atoms with Gasteiger partial charge < -0.3 is 9.30 Å². The number of nitrogens with one attached hydrogen (secondary N) is 1. The van der Waals surface area contributed by atoms with Gasteiger partial charge in [0.05, 0.1) is 0 Å². The summed E-state index contributed by atoms with van der Waals surface area (Å²) in [4.78, 5) is 4.18. The van der Waals surface area contributed by atoms with E-state index in [2.05, 4.69) is 65.2 Å². The summed E-state index contributed by atoms with van der Waals surface area (Å²) in [6.45, 7) is 4.24. The van der Waals surface area contributed by atoms with Crippen molar-refractivity contribution in [2.75, 3.05) is 6.73 Å². The average molecular weight is 361 g/mol. The Morgan fingerprint density at radius 2 is 1.85 bits per heavy atom. The zero-order valence-electron chi connectivity index (χ0n) is 15.9. The molecule has 0 saturated heterocycles. The molecule has 0 amide bonds. The third-order valence-corrected chi connectivity index (χ3v) is 5.55. The first-order chi connectivity index (χ1) is 13.2. The molecule has 1 aliphatic rings. The SMILES string of the molecule is C=Nc1cc(-c2ccc3c(ccn3C)c2)ccc1OCNC1CCCCC1. The number of ether oxygens (including phenoxy) is 1. The Hall–Kier alpha value is -2.59. The minimum atomic E-state index is 0.516. The molecule has 0 aliphatic heterocycles. The molecule has 0 atom stereocenters. The number of benzene rings is 2. The summed E-state index contributed by atoms with van der Waals surface area (Å²) in [6.07, 6.45) is 8.57. The number of fused-ring (bicyclic) bond motifs is 1. The average Bonchev–Trinajstić information content (AvgIpc) is 3.09. The van der Waals surface area contributed by atoms with Crippen LogP contribution in [0.25, 0.3) is 22.0 Å². The van der Waals surface area contributed by atoms with Crippen molar-refractivity contribution in [2.45, 2.75) is 38.1 Å². The molecule has 4 rings (SSSR count). The maximum absolute atomic E-state index is 5.95. The van der Waals surface area contributed by atoms with Gasteiger partial charge in [-0.3, -0.25) is 10.3 Å². The summed E-state index contributed by atoms with van der Waals surface area (Å²) in [5.74, 6) is 0.776. The summed E-state index contributed by atoms with van der Waals surface area (Å²) < 4.78 is 8.08. The van der Waals surface area contributed by atoms with Crippen LogP contribution in [0.2, 0.25) is 0 Å². The maximum atomic E-state index is 5.95. The van der Waals surface area contributed by atoms with Crippen LogP contribution in [0.5, 0.6) is 5.75 Å². The molecule has 0 spiro atoms. The van der Waals surface area contributed by atoms with E-state index in [4.69, 9.17) is 4.74 Å². The maximum Gasteiger partial charge on any atom is 0.146 e. The van der Waals surface area contributed by atoms with E-state index in [9.17, 15) is 0 Å². The normalized spacial score (nSPS) is 15.1. The van der Waals surface area contributed by atoms with E-state index in [-0.39, 0.29) is 0 Å². The second-order valence-corrected chi connectivity index (χ2v) is 7.37. The van der Waals surface area contributed by atoms with E-state index in [0.29, 0.717) is 12.8 Å². The lowest BCUT2D eigenvalue weighted by Crippen LogP contribution is -2.33. The zero-order valence-corrected chi connectivity index (χ0v) is 15.9. The number of hydrogen-bond donors (Lipinski definition) is 1. The van der Waals surface area contributed by atoms with Crippen molar-refractivity contribution >= 4 is 23.3 Å². The van der Waals surface area contributed by atoms with Crippen LogP contribution in [-0.2, 0) is 7.05 Å². The van der Waals surface area contributed by atoms with Crippen LogP contribution in [-0.4, -0.2) is 24.1 Å². The van der Waals surface area contributed by atoms with Gasteiger partial charge in [-0.2, -0.15) is 0 Å². The van der Waals surface area contributed by atoms with Crippen LogP contribution in [0.3, 0.4) is 0 Å². The van der Waals surface area contributed by atoms with Crippen LogP contribution < -0.4 is 10.1 Å². The molecule has 1 aliphatic carbocycles. The minimum absolute atomic E-state index is 0.516. The first-order valence-corrected chi connectivity index (χ1v) is 9.77. The molecule has 0 bridgehead atoms. The highest BCUT2D eigenvalue weighted by Crippen LogP contribution is 2.34. The van der Waals surface area contributed by atoms with Crippen molar-refractivity contribution in [3.05, 3.63) is 48.7 Å². The van der Waals surface area contributed by atoms with Crippen molar-refractivity contribution in [1.82, 2.24) is 9.88 Å². The van der Waals surface area contributed by atoms with Crippen molar-refractivity contribution in [3.8, 4) is 16.9 Å². The molecule has 1 saturated carbocycles. The lowest BCUT2D eigenvalue weighted by molar-refractivity contribution is 0.241. The monoisotopic (exact) mass is 361 g/mol. The Bertz CT molecular complexity index is 938. The number of aryl methyl sites for hydroxylation is 1. The molecule has 1 N–H and O–H groups in total. The quantitative estimate of drug-likeness (QED) is 0.469. The Kier molecular flexibility index (Phi) is 5.26. The summed E-state index contributed by atoms with van der Waals surface area (Å²) in [6, 6.07) is 15.4. The highest BCUT2D eigenvalue weighted by atomic mass is 16.5. The molecule has 3 aromatic rings. The Labute approximate surface area is 160 Å². The van der Waals surface area contributed by atoms with Crippen molar-refractivity contribution in [3.63, 3.8) is 0 Å². The van der Waals surface area contributed by atoms with Crippen LogP contribution in [0.4, 0.5) is 5.69 Å². The van der Waals surface area contributed by atoms with E-state index in [1.165, 1.54) is 48.6 Å². The number of rotatable bonds is 6. The van der Waals surface area contributed by atoms with Gasteiger partial charge in [-0.25, -0.2) is 0 Å². The van der Waals surface area contributed by atoms with E-state index in [1.54, 1.807) is 0 Å². The van der Waals surface area contributed by atoms with Gasteiger partial charge in [0.2, 0.25) is 0 Å². The van der Waals surface area contributed by atoms with Gasteiger partial charge in [0, 0.05) is 30.2 Å². The van der Waals surface area contributed by atoms with E-state index in [1.807, 2.05) is 12.1 Å². The van der Waals surface area contributed by atoms with Crippen LogP contribution >= 0.6 is 0 Å². The molecule has 140 valence electrons. The smallest absolute Gasteiger partial charge is 0.146 e. The molecule has 0 radical (unpaired) electrons. The fourth-order valence-corrected chi connectivity index (χ4v) is 3.95. The lowest BCUT2D eigenvalue weighted by atomic mass is 9.96. The van der Waals surface area contributed by atoms with Crippen LogP contribution in [0.1, 0.15) is 32.1 Å². The Balaban J connectivity index is 1.49. The summed E-state index contributed by atoms with van der Waals surface area (Å²) in [7, 11) is 2.06. The fraction of sp³-hybridized carbons (Fsp3) is 0.348. The van der Waals surface area contributed by atoms with Crippen molar-refractivity contribution in [2.24, 2.45) is 12.0 Å². The first-order valence-electron chi connectivity index (χ1n) is 9.77. The molecule has 4 nitrogen and oxygen atoms in total. The molecule has 1 aromatic heterocycles. The number of aliphatic imine (C=N–C) groups is 1. The molecular formula is C23H27N3O. The second kappa shape index (κ2) is 7.97. The summed E-state index contributed by atoms with van der Waals surface area (Å²) in [5, 5.41) is 4.74. The summed E-state index contributed by atoms with van der Waals surface area (Å²) >= 11 is 0. The predicted octanol–water partition coefficient (Wildman–Crippen LogP) is 5.44. The minimum Gasteiger partial charge on any atom is -0.476 e.